The molecule has 7 nitrogen and oxygen atoms in total. The quantitative estimate of drug-likeness (QED) is 0.717. The largest absolute Gasteiger partial charge is 0.364 e. The topological polar surface area (TPSA) is 86.8 Å². The van der Waals surface area contributed by atoms with Crippen molar-refractivity contribution in [1.82, 2.24) is 4.31 Å². The van der Waals surface area contributed by atoms with E-state index in [0.29, 0.717) is 17.8 Å². The van der Waals surface area contributed by atoms with E-state index in [1.807, 2.05) is 12.1 Å². The van der Waals surface area contributed by atoms with Crippen molar-refractivity contribution in [2.75, 3.05) is 23.7 Å². The molecule has 1 fully saturated rings. The Hall–Kier alpha value is -1.62. The first-order valence-electron chi connectivity index (χ1n) is 9.46. The second-order valence-corrected chi connectivity index (χ2v) is 12.9. The van der Waals surface area contributed by atoms with Crippen LogP contribution in [0.3, 0.4) is 0 Å². The van der Waals surface area contributed by atoms with E-state index < -0.39 is 20.0 Å². The van der Waals surface area contributed by atoms with Crippen LogP contribution in [-0.4, -0.2) is 47.3 Å². The smallest absolute Gasteiger partial charge is 0.271 e. The van der Waals surface area contributed by atoms with Gasteiger partial charge in [-0.1, -0.05) is 12.1 Å². The number of nitrogens with one attached hydrogen (secondary N) is 1. The average molecular weight is 458 g/mol. The second kappa shape index (κ2) is 8.25. The van der Waals surface area contributed by atoms with E-state index in [2.05, 4.69) is 23.5 Å². The number of hydrogen-bond donors (Lipinski definition) is 1. The molecule has 1 aliphatic heterocycles. The molecule has 1 aliphatic rings. The van der Waals surface area contributed by atoms with Crippen molar-refractivity contribution in [3.8, 4) is 0 Å². The molecule has 2 aromatic rings. The van der Waals surface area contributed by atoms with Crippen LogP contribution in [0.25, 0.3) is 0 Å². The van der Waals surface area contributed by atoms with Gasteiger partial charge in [-0.05, 0) is 57.4 Å². The number of piperidine rings is 1. The molecule has 1 N–H and O–H groups in total. The van der Waals surface area contributed by atoms with E-state index in [4.69, 9.17) is 0 Å². The van der Waals surface area contributed by atoms with Gasteiger partial charge >= 0.3 is 0 Å². The first kappa shape index (κ1) is 22.1. The fourth-order valence-electron chi connectivity index (χ4n) is 3.64. The monoisotopic (exact) mass is 457 g/mol. The summed E-state index contributed by atoms with van der Waals surface area (Å²) in [6, 6.07) is 10.6. The van der Waals surface area contributed by atoms with Crippen LogP contribution in [0.1, 0.15) is 33.1 Å². The molecule has 0 bridgehead atoms. The van der Waals surface area contributed by atoms with Crippen LogP contribution in [0.15, 0.2) is 44.8 Å². The van der Waals surface area contributed by atoms with Crippen LogP contribution >= 0.6 is 11.3 Å². The normalized spacial score (nSPS) is 20.8. The summed E-state index contributed by atoms with van der Waals surface area (Å²) in [5, 5.41) is 0. The van der Waals surface area contributed by atoms with Crippen LogP contribution < -0.4 is 9.62 Å². The zero-order chi connectivity index (χ0) is 21.4. The predicted molar refractivity (Wildman–Crippen MR) is 118 cm³/mol. The van der Waals surface area contributed by atoms with Crippen molar-refractivity contribution in [1.29, 1.82) is 0 Å². The Morgan fingerprint density at radius 3 is 2.17 bits per heavy atom. The van der Waals surface area contributed by atoms with Crippen molar-refractivity contribution in [2.45, 2.75) is 53.6 Å². The molecule has 160 valence electrons. The molecule has 1 aromatic carbocycles. The molecule has 2 heterocycles. The van der Waals surface area contributed by atoms with Crippen LogP contribution in [0, 0.1) is 0 Å². The highest BCUT2D eigenvalue weighted by Gasteiger charge is 2.29. The van der Waals surface area contributed by atoms with E-state index in [1.165, 1.54) is 26.2 Å². The van der Waals surface area contributed by atoms with Crippen molar-refractivity contribution in [2.24, 2.45) is 0 Å². The Bertz CT molecular complexity index is 1070. The van der Waals surface area contributed by atoms with Gasteiger partial charge in [0.15, 0.2) is 0 Å². The Morgan fingerprint density at radius 1 is 0.966 bits per heavy atom. The lowest BCUT2D eigenvalue weighted by Gasteiger charge is -2.41. The number of sulfonamides is 2. The Morgan fingerprint density at radius 2 is 1.55 bits per heavy atom. The number of rotatable bonds is 6. The minimum atomic E-state index is -3.92. The maximum atomic E-state index is 13.0. The van der Waals surface area contributed by atoms with Gasteiger partial charge in [0.1, 0.15) is 8.42 Å². The number of para-hydroxylation sites is 2. The summed E-state index contributed by atoms with van der Waals surface area (Å²) in [5.74, 6) is 0. The second-order valence-electron chi connectivity index (χ2n) is 7.52. The molecule has 0 amide bonds. The van der Waals surface area contributed by atoms with Gasteiger partial charge in [-0.2, -0.15) is 0 Å². The van der Waals surface area contributed by atoms with Gasteiger partial charge in [0, 0.05) is 26.2 Å². The summed E-state index contributed by atoms with van der Waals surface area (Å²) in [7, 11) is -4.76. The fourth-order valence-corrected chi connectivity index (χ4v) is 7.65. The summed E-state index contributed by atoms with van der Waals surface area (Å²) < 4.78 is 54.2. The minimum absolute atomic E-state index is 0.00515. The van der Waals surface area contributed by atoms with Gasteiger partial charge in [-0.3, -0.25) is 4.72 Å². The molecule has 2 atom stereocenters. The lowest BCUT2D eigenvalue weighted by atomic mass is 9.96. The zero-order valence-electron chi connectivity index (χ0n) is 17.0. The van der Waals surface area contributed by atoms with Crippen LogP contribution in [0.4, 0.5) is 11.4 Å². The summed E-state index contributed by atoms with van der Waals surface area (Å²) >= 11 is 0.743. The molecule has 0 spiro atoms. The summed E-state index contributed by atoms with van der Waals surface area (Å²) in [4.78, 5) is 2.26. The highest BCUT2D eigenvalue weighted by atomic mass is 32.3. The third-order valence-corrected chi connectivity index (χ3v) is 10.4. The van der Waals surface area contributed by atoms with Crippen LogP contribution in [0.2, 0.25) is 0 Å². The first-order chi connectivity index (χ1) is 13.5. The summed E-state index contributed by atoms with van der Waals surface area (Å²) in [6.07, 6.45) is 3.27. The van der Waals surface area contributed by atoms with Gasteiger partial charge in [-0.25, -0.2) is 21.1 Å². The Kier molecular flexibility index (Phi) is 6.28. The fraction of sp³-hybridized carbons (Fsp3) is 0.474. The Balaban J connectivity index is 1.94. The number of anilines is 2. The van der Waals surface area contributed by atoms with E-state index >= 15 is 0 Å². The molecular formula is C19H27N3O4S3. The molecule has 0 unspecified atom stereocenters. The third kappa shape index (κ3) is 4.45. The molecule has 0 aliphatic carbocycles. The van der Waals surface area contributed by atoms with E-state index in [1.54, 1.807) is 12.1 Å². The third-order valence-electron chi connectivity index (χ3n) is 5.18. The highest BCUT2D eigenvalue weighted by Crippen LogP contribution is 2.36. The number of benzene rings is 1. The Labute approximate surface area is 177 Å². The van der Waals surface area contributed by atoms with Crippen molar-refractivity contribution in [3.05, 3.63) is 36.4 Å². The van der Waals surface area contributed by atoms with Crippen molar-refractivity contribution < 1.29 is 16.8 Å². The van der Waals surface area contributed by atoms with Crippen LogP contribution in [0.5, 0.6) is 0 Å². The standard InChI is InChI=1S/C19H27N3O4S3/c1-14-8-7-9-15(2)22(14)17-11-6-5-10-16(17)20-28(23,24)18-12-13-19(27-18)29(25,26)21(3)4/h5-6,10-15,20H,7-9H2,1-4H3/t14-,15-/m0/s1. The zero-order valence-corrected chi connectivity index (χ0v) is 19.4. The van der Waals surface area contributed by atoms with Gasteiger partial charge in [0.25, 0.3) is 20.0 Å². The number of nitrogens with zero attached hydrogens (tertiary/aromatic N) is 2. The molecule has 1 saturated heterocycles. The SMILES string of the molecule is C[C@H]1CCC[C@H](C)N1c1ccccc1NS(=O)(=O)c1ccc(S(=O)(=O)N(C)C)s1. The van der Waals surface area contributed by atoms with Crippen molar-refractivity contribution in [3.63, 3.8) is 0 Å². The van der Waals surface area contributed by atoms with Gasteiger partial charge < -0.3 is 4.90 Å². The first-order valence-corrected chi connectivity index (χ1v) is 13.2. The van der Waals surface area contributed by atoms with Gasteiger partial charge in [-0.15, -0.1) is 11.3 Å². The predicted octanol–water partition coefficient (Wildman–Crippen LogP) is 3.57. The summed E-state index contributed by atoms with van der Waals surface area (Å²) in [5.41, 5.74) is 1.34. The minimum Gasteiger partial charge on any atom is -0.364 e. The summed E-state index contributed by atoms with van der Waals surface area (Å²) in [6.45, 7) is 4.30. The maximum absolute atomic E-state index is 13.0. The lowest BCUT2D eigenvalue weighted by molar-refractivity contribution is 0.415. The molecular weight excluding hydrogens is 430 g/mol. The highest BCUT2D eigenvalue weighted by molar-refractivity contribution is 7.96. The van der Waals surface area contributed by atoms with Crippen molar-refractivity contribution >= 4 is 42.8 Å². The van der Waals surface area contributed by atoms with Crippen LogP contribution in [-0.2, 0) is 20.0 Å². The van der Waals surface area contributed by atoms with Gasteiger partial charge in [0.05, 0.1) is 11.4 Å². The molecule has 0 saturated carbocycles. The van der Waals surface area contributed by atoms with E-state index in [-0.39, 0.29) is 8.42 Å². The van der Waals surface area contributed by atoms with E-state index in [0.717, 1.165) is 40.6 Å². The molecule has 29 heavy (non-hydrogen) atoms. The molecule has 1 aromatic heterocycles. The van der Waals surface area contributed by atoms with E-state index in [9.17, 15) is 16.8 Å². The number of thiophene rings is 1. The number of hydrogen-bond acceptors (Lipinski definition) is 6. The molecule has 10 heteroatoms. The lowest BCUT2D eigenvalue weighted by Crippen LogP contribution is -2.44. The average Bonchev–Trinajstić information content (AvgIpc) is 3.14. The van der Waals surface area contributed by atoms with Gasteiger partial charge in [0.2, 0.25) is 0 Å². The maximum Gasteiger partial charge on any atom is 0.271 e. The molecule has 0 radical (unpaired) electrons. The molecule has 3 rings (SSSR count).